The Balaban J connectivity index is 1.71. The van der Waals surface area contributed by atoms with Crippen LogP contribution in [0.25, 0.3) is 0 Å². The van der Waals surface area contributed by atoms with Crippen molar-refractivity contribution in [3.05, 3.63) is 69.7 Å². The molecule has 1 saturated heterocycles. The van der Waals surface area contributed by atoms with Gasteiger partial charge in [-0.25, -0.2) is 0 Å². The Morgan fingerprint density at radius 2 is 1.79 bits per heavy atom. The third-order valence-corrected chi connectivity index (χ3v) is 7.29. The van der Waals surface area contributed by atoms with E-state index in [2.05, 4.69) is 76.8 Å². The van der Waals surface area contributed by atoms with Crippen molar-refractivity contribution in [2.45, 2.75) is 78.3 Å². The third-order valence-electron chi connectivity index (χ3n) is 6.79. The maximum Gasteiger partial charge on any atom is 0.254 e. The second-order valence-corrected chi connectivity index (χ2v) is 10.9. The lowest BCUT2D eigenvalue weighted by atomic mass is 9.99. The van der Waals surface area contributed by atoms with Crippen LogP contribution in [0, 0.1) is 5.92 Å². The van der Waals surface area contributed by atoms with Gasteiger partial charge in [-0.15, -0.1) is 0 Å². The van der Waals surface area contributed by atoms with E-state index in [0.29, 0.717) is 6.54 Å². The van der Waals surface area contributed by atoms with E-state index in [1.165, 1.54) is 43.4 Å². The molecule has 1 aliphatic rings. The molecule has 0 saturated carbocycles. The Kier molecular flexibility index (Phi) is 10.5. The molecule has 1 heterocycles. The fourth-order valence-corrected chi connectivity index (χ4v) is 5.10. The van der Waals surface area contributed by atoms with Crippen molar-refractivity contribution in [1.29, 1.82) is 0 Å². The van der Waals surface area contributed by atoms with Crippen LogP contribution in [-0.4, -0.2) is 41.4 Å². The minimum atomic E-state index is 0.163. The van der Waals surface area contributed by atoms with Gasteiger partial charge in [0, 0.05) is 35.7 Å². The SMILES string of the molecule is CCCCCc1ccc(C(=O)N(Cc2cccc(Br)c2)C2CCN(CCC(C)C)CC2)cc1. The van der Waals surface area contributed by atoms with E-state index in [4.69, 9.17) is 0 Å². The van der Waals surface area contributed by atoms with Gasteiger partial charge >= 0.3 is 0 Å². The maximum atomic E-state index is 13.7. The summed E-state index contributed by atoms with van der Waals surface area (Å²) in [6.07, 6.45) is 8.15. The van der Waals surface area contributed by atoms with Crippen LogP contribution >= 0.6 is 15.9 Å². The molecule has 1 amide bonds. The van der Waals surface area contributed by atoms with Crippen molar-refractivity contribution in [2.75, 3.05) is 19.6 Å². The van der Waals surface area contributed by atoms with Gasteiger partial charge in [-0.2, -0.15) is 0 Å². The number of amides is 1. The monoisotopic (exact) mass is 512 g/mol. The van der Waals surface area contributed by atoms with E-state index in [0.717, 1.165) is 48.3 Å². The zero-order valence-corrected chi connectivity index (χ0v) is 22.3. The van der Waals surface area contributed by atoms with Crippen LogP contribution in [0.3, 0.4) is 0 Å². The van der Waals surface area contributed by atoms with E-state index in [-0.39, 0.29) is 11.9 Å². The highest BCUT2D eigenvalue weighted by Gasteiger charge is 2.28. The first-order valence-electron chi connectivity index (χ1n) is 12.8. The van der Waals surface area contributed by atoms with Gasteiger partial charge in [-0.1, -0.05) is 73.8 Å². The number of rotatable bonds is 11. The standard InChI is InChI=1S/C29H41BrN2O/c1-4-5-6-8-24-11-13-26(14-12-24)29(33)32(22-25-9-7-10-27(30)21-25)28-16-19-31(20-17-28)18-15-23(2)3/h7,9-14,21,23,28H,4-6,8,15-20,22H2,1-3H3. The lowest BCUT2D eigenvalue weighted by Gasteiger charge is -2.39. The van der Waals surface area contributed by atoms with Crippen molar-refractivity contribution in [1.82, 2.24) is 9.80 Å². The molecule has 3 rings (SSSR count). The molecular formula is C29H41BrN2O. The Morgan fingerprint density at radius 1 is 1.06 bits per heavy atom. The van der Waals surface area contributed by atoms with Gasteiger partial charge < -0.3 is 9.80 Å². The summed E-state index contributed by atoms with van der Waals surface area (Å²) >= 11 is 3.59. The van der Waals surface area contributed by atoms with Gasteiger partial charge in [-0.3, -0.25) is 4.79 Å². The number of piperidine rings is 1. The zero-order valence-electron chi connectivity index (χ0n) is 20.7. The van der Waals surface area contributed by atoms with E-state index in [9.17, 15) is 4.79 Å². The van der Waals surface area contributed by atoms with Crippen molar-refractivity contribution >= 4 is 21.8 Å². The molecule has 2 aromatic carbocycles. The molecule has 2 aromatic rings. The topological polar surface area (TPSA) is 23.6 Å². The van der Waals surface area contributed by atoms with Crippen molar-refractivity contribution in [3.8, 4) is 0 Å². The fourth-order valence-electron chi connectivity index (χ4n) is 4.65. The summed E-state index contributed by atoms with van der Waals surface area (Å²) in [4.78, 5) is 18.4. The van der Waals surface area contributed by atoms with Gasteiger partial charge in [0.1, 0.15) is 0 Å². The number of benzene rings is 2. The molecule has 33 heavy (non-hydrogen) atoms. The summed E-state index contributed by atoms with van der Waals surface area (Å²) in [6, 6.07) is 17.0. The molecule has 0 bridgehead atoms. The second kappa shape index (κ2) is 13.3. The molecule has 180 valence electrons. The Morgan fingerprint density at radius 3 is 2.42 bits per heavy atom. The van der Waals surface area contributed by atoms with Crippen LogP contribution < -0.4 is 0 Å². The largest absolute Gasteiger partial charge is 0.331 e. The molecule has 0 radical (unpaired) electrons. The Bertz CT molecular complexity index is 856. The normalized spacial score (nSPS) is 15.2. The first-order chi connectivity index (χ1) is 16.0. The predicted molar refractivity (Wildman–Crippen MR) is 143 cm³/mol. The van der Waals surface area contributed by atoms with Crippen molar-refractivity contribution in [2.24, 2.45) is 5.92 Å². The highest BCUT2D eigenvalue weighted by molar-refractivity contribution is 9.10. The number of hydrogen-bond acceptors (Lipinski definition) is 2. The first kappa shape index (κ1) is 26.0. The first-order valence-corrected chi connectivity index (χ1v) is 13.6. The molecule has 4 heteroatoms. The number of unbranched alkanes of at least 4 members (excludes halogenated alkanes) is 2. The molecule has 3 nitrogen and oxygen atoms in total. The summed E-state index contributed by atoms with van der Waals surface area (Å²) in [5, 5.41) is 0. The van der Waals surface area contributed by atoms with Crippen molar-refractivity contribution < 1.29 is 4.79 Å². The molecule has 0 aromatic heterocycles. The van der Waals surface area contributed by atoms with Crippen LogP contribution in [0.15, 0.2) is 53.0 Å². The predicted octanol–water partition coefficient (Wildman–Crippen LogP) is 7.33. The Hall–Kier alpha value is -1.65. The van der Waals surface area contributed by atoms with Crippen LogP contribution in [-0.2, 0) is 13.0 Å². The molecule has 0 spiro atoms. The molecule has 0 unspecified atom stereocenters. The molecular weight excluding hydrogens is 472 g/mol. The molecule has 0 atom stereocenters. The van der Waals surface area contributed by atoms with Crippen LogP contribution in [0.4, 0.5) is 0 Å². The summed E-state index contributed by atoms with van der Waals surface area (Å²) in [7, 11) is 0. The lowest BCUT2D eigenvalue weighted by molar-refractivity contribution is 0.0546. The minimum absolute atomic E-state index is 0.163. The van der Waals surface area contributed by atoms with Gasteiger partial charge in [0.2, 0.25) is 0 Å². The third kappa shape index (κ3) is 8.26. The smallest absolute Gasteiger partial charge is 0.254 e. The van der Waals surface area contributed by atoms with Crippen LogP contribution in [0.2, 0.25) is 0 Å². The summed E-state index contributed by atoms with van der Waals surface area (Å²) < 4.78 is 1.06. The minimum Gasteiger partial charge on any atom is -0.331 e. The van der Waals surface area contributed by atoms with E-state index in [1.807, 2.05) is 18.2 Å². The summed E-state index contributed by atoms with van der Waals surface area (Å²) in [6.45, 7) is 10.8. The van der Waals surface area contributed by atoms with E-state index < -0.39 is 0 Å². The fraction of sp³-hybridized carbons (Fsp3) is 0.552. The van der Waals surface area contributed by atoms with E-state index in [1.54, 1.807) is 0 Å². The van der Waals surface area contributed by atoms with Gasteiger partial charge in [0.15, 0.2) is 0 Å². The van der Waals surface area contributed by atoms with Crippen LogP contribution in [0.5, 0.6) is 0 Å². The maximum absolute atomic E-state index is 13.7. The van der Waals surface area contributed by atoms with Gasteiger partial charge in [-0.05, 0) is 80.0 Å². The lowest BCUT2D eigenvalue weighted by Crippen LogP contribution is -2.47. The number of likely N-dealkylation sites (tertiary alicyclic amines) is 1. The quantitative estimate of drug-likeness (QED) is 0.294. The average Bonchev–Trinajstić information content (AvgIpc) is 2.82. The van der Waals surface area contributed by atoms with Gasteiger partial charge in [0.25, 0.3) is 5.91 Å². The number of aryl methyl sites for hydroxylation is 1. The zero-order chi connectivity index (χ0) is 23.6. The number of nitrogens with zero attached hydrogens (tertiary/aromatic N) is 2. The molecule has 1 aliphatic heterocycles. The van der Waals surface area contributed by atoms with Crippen LogP contribution in [0.1, 0.15) is 80.8 Å². The molecule has 0 aliphatic carbocycles. The highest BCUT2D eigenvalue weighted by Crippen LogP contribution is 2.24. The Labute approximate surface area is 209 Å². The summed E-state index contributed by atoms with van der Waals surface area (Å²) in [5.74, 6) is 0.901. The van der Waals surface area contributed by atoms with Crippen molar-refractivity contribution in [3.63, 3.8) is 0 Å². The number of carbonyl (C=O) groups is 1. The van der Waals surface area contributed by atoms with Gasteiger partial charge in [0.05, 0.1) is 0 Å². The number of hydrogen-bond donors (Lipinski definition) is 0. The summed E-state index contributed by atoms with van der Waals surface area (Å²) in [5.41, 5.74) is 3.32. The highest BCUT2D eigenvalue weighted by atomic mass is 79.9. The number of carbonyl (C=O) groups excluding carboxylic acids is 1. The molecule has 0 N–H and O–H groups in total. The molecule has 1 fully saturated rings. The second-order valence-electron chi connectivity index (χ2n) is 9.97. The average molecular weight is 514 g/mol. The number of halogens is 1. The van der Waals surface area contributed by atoms with E-state index >= 15 is 0 Å².